The highest BCUT2D eigenvalue weighted by molar-refractivity contribution is 7.99. The monoisotopic (exact) mass is 462 g/mol. The first kappa shape index (κ1) is 22.5. The van der Waals surface area contributed by atoms with Gasteiger partial charge in [0.05, 0.1) is 22.7 Å². The molecular formula is C24H22N4O4S. The molecule has 1 amide bonds. The average molecular weight is 463 g/mol. The van der Waals surface area contributed by atoms with Crippen LogP contribution in [0.2, 0.25) is 0 Å². The fraction of sp³-hybridized carbons (Fsp3) is 0.208. The minimum Gasteiger partial charge on any atom is -0.854 e. The Labute approximate surface area is 195 Å². The highest BCUT2D eigenvalue weighted by Crippen LogP contribution is 2.42. The van der Waals surface area contributed by atoms with Crippen molar-refractivity contribution in [2.45, 2.75) is 32.1 Å². The Morgan fingerprint density at radius 1 is 1.27 bits per heavy atom. The van der Waals surface area contributed by atoms with E-state index in [4.69, 9.17) is 4.74 Å². The summed E-state index contributed by atoms with van der Waals surface area (Å²) < 4.78 is 6.99. The van der Waals surface area contributed by atoms with Gasteiger partial charge < -0.3 is 9.84 Å². The minimum atomic E-state index is -0.861. The van der Waals surface area contributed by atoms with Crippen LogP contribution in [0.4, 0.5) is 5.69 Å². The first-order chi connectivity index (χ1) is 15.8. The van der Waals surface area contributed by atoms with Gasteiger partial charge >= 0.3 is 5.97 Å². The number of amides is 1. The smallest absolute Gasteiger partial charge is 0.308 e. The molecule has 2 aromatic carbocycles. The normalized spacial score (nSPS) is 14.3. The predicted molar refractivity (Wildman–Crippen MR) is 122 cm³/mol. The van der Waals surface area contributed by atoms with Crippen LogP contribution < -0.4 is 19.4 Å². The zero-order chi connectivity index (χ0) is 23.7. The average Bonchev–Trinajstić information content (AvgIpc) is 2.77. The molecule has 9 heteroatoms. The van der Waals surface area contributed by atoms with Gasteiger partial charge in [-0.15, -0.1) is 6.58 Å². The lowest BCUT2D eigenvalue weighted by Crippen LogP contribution is -2.58. The van der Waals surface area contributed by atoms with Crippen LogP contribution in [0.5, 0.6) is 11.6 Å². The highest BCUT2D eigenvalue weighted by atomic mass is 32.2. The Balaban J connectivity index is 2.06. The standard InChI is InChI=1S/C24H22N4O4S/c1-5-12-33-24-25-22(31)21-17-8-6-7-9-19(17)27(15(3)29)23(28(21)26-24)18-13-14(2)10-11-20(18)32-16(4)30/h5-11,13,23H,1,12H2,2-4H3. The minimum absolute atomic E-state index is 0.256. The van der Waals surface area contributed by atoms with Crippen molar-refractivity contribution >= 4 is 29.3 Å². The molecule has 0 radical (unpaired) electrons. The number of aromatic nitrogens is 3. The lowest BCUT2D eigenvalue weighted by atomic mass is 9.99. The summed E-state index contributed by atoms with van der Waals surface area (Å²) in [4.78, 5) is 30.5. The second-order valence-corrected chi connectivity index (χ2v) is 8.49. The van der Waals surface area contributed by atoms with E-state index in [1.807, 2.05) is 19.1 Å². The van der Waals surface area contributed by atoms with Crippen LogP contribution in [0, 0.1) is 6.92 Å². The largest absolute Gasteiger partial charge is 0.854 e. The number of rotatable bonds is 5. The zero-order valence-corrected chi connectivity index (χ0v) is 19.3. The van der Waals surface area contributed by atoms with E-state index < -0.39 is 18.0 Å². The number of para-hydroxylation sites is 1. The SMILES string of the molecule is C=CCSc1nc([O-])c2[n+](n1)C(c1cc(C)ccc1OC(C)=O)N(C(C)=O)c1ccccc1-2. The number of carbonyl (C=O) groups is 2. The maximum atomic E-state index is 13.2. The molecule has 0 spiro atoms. The van der Waals surface area contributed by atoms with E-state index in [1.54, 1.807) is 41.3 Å². The van der Waals surface area contributed by atoms with Crippen LogP contribution in [-0.4, -0.2) is 27.7 Å². The van der Waals surface area contributed by atoms with Crippen molar-refractivity contribution in [3.8, 4) is 22.9 Å². The summed E-state index contributed by atoms with van der Waals surface area (Å²) in [5, 5.41) is 18.1. The van der Waals surface area contributed by atoms with E-state index in [0.29, 0.717) is 22.6 Å². The third-order valence-electron chi connectivity index (χ3n) is 5.08. The lowest BCUT2D eigenvalue weighted by Gasteiger charge is -2.33. The number of esters is 1. The molecular weight excluding hydrogens is 440 g/mol. The lowest BCUT2D eigenvalue weighted by molar-refractivity contribution is -0.764. The predicted octanol–water partition coefficient (Wildman–Crippen LogP) is 2.93. The van der Waals surface area contributed by atoms with Crippen molar-refractivity contribution in [1.82, 2.24) is 10.1 Å². The van der Waals surface area contributed by atoms with Crippen LogP contribution in [-0.2, 0) is 9.59 Å². The number of ether oxygens (including phenoxy) is 1. The fourth-order valence-corrected chi connectivity index (χ4v) is 4.43. The Kier molecular flexibility index (Phi) is 6.15. The molecule has 4 rings (SSSR count). The van der Waals surface area contributed by atoms with Gasteiger partial charge in [0, 0.05) is 24.7 Å². The summed E-state index contributed by atoms with van der Waals surface area (Å²) in [6.07, 6.45) is 0.830. The van der Waals surface area contributed by atoms with Gasteiger partial charge in [0.15, 0.2) is 0 Å². The molecule has 168 valence electrons. The van der Waals surface area contributed by atoms with Crippen molar-refractivity contribution < 1.29 is 24.1 Å². The van der Waals surface area contributed by atoms with Gasteiger partial charge in [0.25, 0.3) is 17.0 Å². The van der Waals surface area contributed by atoms with E-state index >= 15 is 0 Å². The van der Waals surface area contributed by atoms with Gasteiger partial charge in [0.2, 0.25) is 5.91 Å². The van der Waals surface area contributed by atoms with Crippen molar-refractivity contribution in [1.29, 1.82) is 0 Å². The van der Waals surface area contributed by atoms with Gasteiger partial charge in [-0.2, -0.15) is 0 Å². The molecule has 1 aromatic heterocycles. The maximum absolute atomic E-state index is 13.2. The van der Waals surface area contributed by atoms with E-state index in [-0.39, 0.29) is 22.5 Å². The summed E-state index contributed by atoms with van der Waals surface area (Å²) in [5.74, 6) is -0.412. The fourth-order valence-electron chi connectivity index (χ4n) is 3.87. The number of hydrogen-bond acceptors (Lipinski definition) is 7. The number of thioether (sulfide) groups is 1. The number of anilines is 1. The Bertz CT molecular complexity index is 1280. The Morgan fingerprint density at radius 3 is 2.73 bits per heavy atom. The molecule has 8 nitrogen and oxygen atoms in total. The molecule has 2 heterocycles. The van der Waals surface area contributed by atoms with E-state index in [1.165, 1.54) is 30.3 Å². The first-order valence-electron chi connectivity index (χ1n) is 10.2. The van der Waals surface area contributed by atoms with Crippen molar-refractivity contribution in [2.24, 2.45) is 0 Å². The van der Waals surface area contributed by atoms with Crippen LogP contribution >= 0.6 is 11.8 Å². The molecule has 3 aromatic rings. The summed E-state index contributed by atoms with van der Waals surface area (Å²) in [6.45, 7) is 8.35. The topological polar surface area (TPSA) is 99.3 Å². The van der Waals surface area contributed by atoms with Gasteiger partial charge in [-0.3, -0.25) is 9.59 Å². The first-order valence-corrected chi connectivity index (χ1v) is 11.2. The summed E-state index contributed by atoms with van der Waals surface area (Å²) in [6, 6.07) is 12.4. The third-order valence-corrected chi connectivity index (χ3v) is 5.92. The molecule has 0 bridgehead atoms. The van der Waals surface area contributed by atoms with E-state index in [2.05, 4.69) is 16.7 Å². The van der Waals surface area contributed by atoms with Crippen LogP contribution in [0.15, 0.2) is 60.3 Å². The molecule has 0 saturated heterocycles. The molecule has 1 unspecified atom stereocenters. The van der Waals surface area contributed by atoms with Gasteiger partial charge in [-0.05, 0) is 31.2 Å². The van der Waals surface area contributed by atoms with Crippen molar-refractivity contribution in [3.63, 3.8) is 0 Å². The maximum Gasteiger partial charge on any atom is 0.308 e. The molecule has 0 N–H and O–H groups in total. The Morgan fingerprint density at radius 2 is 2.03 bits per heavy atom. The molecule has 1 aliphatic heterocycles. The van der Waals surface area contributed by atoms with Gasteiger partial charge in [0.1, 0.15) is 5.75 Å². The molecule has 1 atom stereocenters. The zero-order valence-electron chi connectivity index (χ0n) is 18.4. The van der Waals surface area contributed by atoms with Crippen molar-refractivity contribution in [2.75, 3.05) is 10.7 Å². The van der Waals surface area contributed by atoms with E-state index in [0.717, 1.165) is 5.56 Å². The molecule has 1 aliphatic rings. The second kappa shape index (κ2) is 9.03. The second-order valence-electron chi connectivity index (χ2n) is 7.51. The summed E-state index contributed by atoms with van der Waals surface area (Å²) in [5.41, 5.74) is 2.78. The number of hydrogen-bond donors (Lipinski definition) is 0. The van der Waals surface area contributed by atoms with Crippen LogP contribution in [0.3, 0.4) is 0 Å². The van der Waals surface area contributed by atoms with E-state index in [9.17, 15) is 14.7 Å². The van der Waals surface area contributed by atoms with Gasteiger partial charge in [-0.25, -0.2) is 9.88 Å². The summed E-state index contributed by atoms with van der Waals surface area (Å²) in [7, 11) is 0. The third kappa shape index (κ3) is 4.19. The quantitative estimate of drug-likeness (QED) is 0.189. The van der Waals surface area contributed by atoms with Crippen molar-refractivity contribution in [3.05, 3.63) is 66.2 Å². The number of nitrogens with zero attached hydrogens (tertiary/aromatic N) is 4. The number of carbonyl (C=O) groups excluding carboxylic acids is 2. The highest BCUT2D eigenvalue weighted by Gasteiger charge is 2.45. The number of aryl methyl sites for hydroxylation is 1. The number of fused-ring (bicyclic) bond motifs is 3. The summed E-state index contributed by atoms with van der Waals surface area (Å²) >= 11 is 1.26. The van der Waals surface area contributed by atoms with Crippen LogP contribution in [0.1, 0.15) is 31.1 Å². The van der Waals surface area contributed by atoms with Crippen LogP contribution in [0.25, 0.3) is 11.3 Å². The Hall–Kier alpha value is -3.72. The molecule has 0 fully saturated rings. The molecule has 0 saturated carbocycles. The van der Waals surface area contributed by atoms with Gasteiger partial charge in [-0.1, -0.05) is 46.3 Å². The molecule has 33 heavy (non-hydrogen) atoms. The molecule has 0 aliphatic carbocycles. The number of benzene rings is 2.